The third kappa shape index (κ3) is 7.96. The summed E-state index contributed by atoms with van der Waals surface area (Å²) in [6, 6.07) is 6.61. The van der Waals surface area contributed by atoms with E-state index >= 15 is 0 Å². The van der Waals surface area contributed by atoms with Gasteiger partial charge in [0.05, 0.1) is 12.9 Å². The molecule has 0 atom stereocenters. The molecule has 0 radical (unpaired) electrons. The smallest absolute Gasteiger partial charge is 0.251 e. The molecule has 0 aliphatic rings. The van der Waals surface area contributed by atoms with Crippen molar-refractivity contribution in [1.82, 2.24) is 14.9 Å². The van der Waals surface area contributed by atoms with Crippen molar-refractivity contribution in [3.8, 4) is 5.75 Å². The Labute approximate surface area is 138 Å². The second-order valence-corrected chi connectivity index (χ2v) is 7.28. The van der Waals surface area contributed by atoms with Crippen LogP contribution >= 0.6 is 0 Å². The Morgan fingerprint density at radius 3 is 2.39 bits per heavy atom. The predicted molar refractivity (Wildman–Crippen MR) is 90.3 cm³/mol. The molecule has 7 nitrogen and oxygen atoms in total. The molecule has 0 spiro atoms. The van der Waals surface area contributed by atoms with Gasteiger partial charge in [-0.3, -0.25) is 4.79 Å². The molecule has 8 heteroatoms. The normalized spacial score (nSPS) is 11.5. The Bertz CT molecular complexity index is 585. The number of hydrogen-bond donors (Lipinski definition) is 2. The van der Waals surface area contributed by atoms with Crippen LogP contribution in [0.3, 0.4) is 0 Å². The molecular formula is C15H25N3O4S. The highest BCUT2D eigenvalue weighted by Crippen LogP contribution is 2.10. The van der Waals surface area contributed by atoms with Crippen LogP contribution in [0.4, 0.5) is 0 Å². The van der Waals surface area contributed by atoms with Gasteiger partial charge in [0.15, 0.2) is 0 Å². The number of amides is 1. The summed E-state index contributed by atoms with van der Waals surface area (Å²) >= 11 is 0. The Kier molecular flexibility index (Phi) is 8.01. The van der Waals surface area contributed by atoms with Crippen molar-refractivity contribution in [2.45, 2.75) is 6.42 Å². The molecule has 0 heterocycles. The lowest BCUT2D eigenvalue weighted by atomic mass is 10.2. The first-order valence-electron chi connectivity index (χ1n) is 7.38. The molecule has 0 saturated heterocycles. The van der Waals surface area contributed by atoms with E-state index in [4.69, 9.17) is 4.74 Å². The quantitative estimate of drug-likeness (QED) is 0.597. The van der Waals surface area contributed by atoms with E-state index in [-0.39, 0.29) is 18.2 Å². The highest BCUT2D eigenvalue weighted by atomic mass is 32.2. The number of hydrogen-bond acceptors (Lipinski definition) is 5. The van der Waals surface area contributed by atoms with Gasteiger partial charge in [0.1, 0.15) is 5.75 Å². The molecule has 1 rings (SSSR count). The fourth-order valence-corrected chi connectivity index (χ4v) is 2.81. The number of carbonyl (C=O) groups is 1. The Balaban J connectivity index is 2.32. The second-order valence-electron chi connectivity index (χ2n) is 5.35. The van der Waals surface area contributed by atoms with E-state index in [1.54, 1.807) is 31.4 Å². The van der Waals surface area contributed by atoms with E-state index in [0.717, 1.165) is 13.0 Å². The molecule has 1 amide bonds. The summed E-state index contributed by atoms with van der Waals surface area (Å²) in [5, 5.41) is 2.59. The highest BCUT2D eigenvalue weighted by molar-refractivity contribution is 7.89. The van der Waals surface area contributed by atoms with E-state index in [1.165, 1.54) is 0 Å². The molecule has 0 aliphatic carbocycles. The first-order valence-corrected chi connectivity index (χ1v) is 9.03. The molecular weight excluding hydrogens is 318 g/mol. The lowest BCUT2D eigenvalue weighted by Crippen LogP contribution is -2.35. The molecule has 0 fully saturated rings. The lowest BCUT2D eigenvalue weighted by Gasteiger charge is -2.11. The van der Waals surface area contributed by atoms with Crippen LogP contribution in [-0.4, -0.2) is 65.8 Å². The zero-order valence-corrected chi connectivity index (χ0v) is 14.6. The average Bonchev–Trinajstić information content (AvgIpc) is 2.51. The summed E-state index contributed by atoms with van der Waals surface area (Å²) in [7, 11) is 2.04. The largest absolute Gasteiger partial charge is 0.497 e. The van der Waals surface area contributed by atoms with E-state index in [2.05, 4.69) is 10.0 Å². The van der Waals surface area contributed by atoms with E-state index in [0.29, 0.717) is 17.9 Å². The number of carbonyl (C=O) groups excluding carboxylic acids is 1. The summed E-state index contributed by atoms with van der Waals surface area (Å²) in [5.41, 5.74) is 0.460. The van der Waals surface area contributed by atoms with Gasteiger partial charge >= 0.3 is 0 Å². The molecule has 2 N–H and O–H groups in total. The van der Waals surface area contributed by atoms with Crippen molar-refractivity contribution in [2.75, 3.05) is 46.6 Å². The van der Waals surface area contributed by atoms with Gasteiger partial charge in [0.25, 0.3) is 5.91 Å². The monoisotopic (exact) mass is 343 g/mol. The fraction of sp³-hybridized carbons (Fsp3) is 0.533. The highest BCUT2D eigenvalue weighted by Gasteiger charge is 2.11. The molecule has 0 bridgehead atoms. The summed E-state index contributed by atoms with van der Waals surface area (Å²) in [6.07, 6.45) is 0.741. The number of benzene rings is 1. The van der Waals surface area contributed by atoms with Crippen LogP contribution in [0, 0.1) is 0 Å². The SMILES string of the molecule is COc1ccc(C(=O)NCCS(=O)(=O)NCCCN(C)C)cc1. The molecule has 0 aliphatic heterocycles. The van der Waals surface area contributed by atoms with Crippen molar-refractivity contribution < 1.29 is 17.9 Å². The van der Waals surface area contributed by atoms with Crippen molar-refractivity contribution in [2.24, 2.45) is 0 Å². The van der Waals surface area contributed by atoms with Crippen LogP contribution in [0.5, 0.6) is 5.75 Å². The Morgan fingerprint density at radius 2 is 1.83 bits per heavy atom. The van der Waals surface area contributed by atoms with Crippen molar-refractivity contribution in [3.05, 3.63) is 29.8 Å². The minimum absolute atomic E-state index is 0.0634. The van der Waals surface area contributed by atoms with Gasteiger partial charge in [-0.15, -0.1) is 0 Å². The minimum atomic E-state index is -3.37. The molecule has 130 valence electrons. The maximum atomic E-state index is 11.9. The maximum absolute atomic E-state index is 11.9. The molecule has 23 heavy (non-hydrogen) atoms. The maximum Gasteiger partial charge on any atom is 0.251 e. The minimum Gasteiger partial charge on any atom is -0.497 e. The van der Waals surface area contributed by atoms with E-state index < -0.39 is 10.0 Å². The zero-order valence-electron chi connectivity index (χ0n) is 13.8. The standard InChI is InChI=1S/C15H25N3O4S/c1-18(2)11-4-9-17-23(20,21)12-10-16-15(19)13-5-7-14(22-3)8-6-13/h5-8,17H,4,9-12H2,1-3H3,(H,16,19). The first kappa shape index (κ1) is 19.4. The number of sulfonamides is 1. The van der Waals surface area contributed by atoms with Crippen molar-refractivity contribution in [3.63, 3.8) is 0 Å². The number of nitrogens with zero attached hydrogens (tertiary/aromatic N) is 1. The number of ether oxygens (including phenoxy) is 1. The van der Waals surface area contributed by atoms with E-state index in [9.17, 15) is 13.2 Å². The van der Waals surface area contributed by atoms with Gasteiger partial charge in [-0.25, -0.2) is 13.1 Å². The van der Waals surface area contributed by atoms with Gasteiger partial charge in [0, 0.05) is 18.7 Å². The first-order chi connectivity index (χ1) is 10.8. The van der Waals surface area contributed by atoms with Crippen LogP contribution in [0.2, 0.25) is 0 Å². The molecule has 1 aromatic carbocycles. The van der Waals surface area contributed by atoms with Gasteiger partial charge in [-0.1, -0.05) is 0 Å². The van der Waals surface area contributed by atoms with Gasteiger partial charge in [-0.05, 0) is 51.3 Å². The molecule has 0 aromatic heterocycles. The summed E-state index contributed by atoms with van der Waals surface area (Å²) in [5.74, 6) is 0.207. The predicted octanol–water partition coefficient (Wildman–Crippen LogP) is 0.296. The van der Waals surface area contributed by atoms with Crippen LogP contribution in [0.15, 0.2) is 24.3 Å². The summed E-state index contributed by atoms with van der Waals surface area (Å²) in [4.78, 5) is 13.9. The van der Waals surface area contributed by atoms with Crippen LogP contribution < -0.4 is 14.8 Å². The van der Waals surface area contributed by atoms with Crippen LogP contribution in [0.25, 0.3) is 0 Å². The summed E-state index contributed by atoms with van der Waals surface area (Å²) < 4.78 is 31.1. The van der Waals surface area contributed by atoms with Crippen molar-refractivity contribution in [1.29, 1.82) is 0 Å². The van der Waals surface area contributed by atoms with Gasteiger partial charge in [0.2, 0.25) is 10.0 Å². The van der Waals surface area contributed by atoms with E-state index in [1.807, 2.05) is 19.0 Å². The number of methoxy groups -OCH3 is 1. The van der Waals surface area contributed by atoms with Crippen molar-refractivity contribution >= 4 is 15.9 Å². The summed E-state index contributed by atoms with van der Waals surface area (Å²) in [6.45, 7) is 1.28. The third-order valence-corrected chi connectivity index (χ3v) is 4.50. The second kappa shape index (κ2) is 9.49. The molecule has 0 unspecified atom stereocenters. The van der Waals surface area contributed by atoms with Gasteiger partial charge < -0.3 is 15.0 Å². The Morgan fingerprint density at radius 1 is 1.17 bits per heavy atom. The van der Waals surface area contributed by atoms with Crippen LogP contribution in [0.1, 0.15) is 16.8 Å². The zero-order chi connectivity index (χ0) is 17.3. The Hall–Kier alpha value is -1.64. The lowest BCUT2D eigenvalue weighted by molar-refractivity contribution is 0.0956. The number of rotatable bonds is 10. The third-order valence-electron chi connectivity index (χ3n) is 3.11. The number of nitrogens with one attached hydrogen (secondary N) is 2. The fourth-order valence-electron chi connectivity index (χ4n) is 1.84. The molecule has 1 aromatic rings. The average molecular weight is 343 g/mol. The van der Waals surface area contributed by atoms with Gasteiger partial charge in [-0.2, -0.15) is 0 Å². The molecule has 0 saturated carbocycles. The van der Waals surface area contributed by atoms with Crippen LogP contribution in [-0.2, 0) is 10.0 Å². The topological polar surface area (TPSA) is 87.7 Å².